The molecule has 3 heterocycles. The van der Waals surface area contributed by atoms with Crippen LogP contribution in [0.15, 0.2) is 54.7 Å². The number of nitrogens with one attached hydrogen (secondary N) is 1. The highest BCUT2D eigenvalue weighted by molar-refractivity contribution is 7.23. The number of carbonyl (C=O) groups excluding carboxylic acids is 2. The van der Waals surface area contributed by atoms with Gasteiger partial charge in [0, 0.05) is 36.1 Å². The Bertz CT molecular complexity index is 1760. The number of aryl methyl sites for hydroxylation is 2. The molecule has 0 saturated carbocycles. The number of hydrogen-bond acceptors (Lipinski definition) is 7. The van der Waals surface area contributed by atoms with Gasteiger partial charge in [0.2, 0.25) is 0 Å². The summed E-state index contributed by atoms with van der Waals surface area (Å²) in [5.41, 5.74) is 6.38. The van der Waals surface area contributed by atoms with Gasteiger partial charge < -0.3 is 10.1 Å². The minimum Gasteiger partial charge on any atom is -0.466 e. The Hall–Kier alpha value is -3.79. The van der Waals surface area contributed by atoms with E-state index in [2.05, 4.69) is 10.4 Å². The van der Waals surface area contributed by atoms with Gasteiger partial charge in [-0.05, 0) is 66.4 Å². The lowest BCUT2D eigenvalue weighted by Crippen LogP contribution is -2.50. The van der Waals surface area contributed by atoms with Crippen molar-refractivity contribution < 1.29 is 14.3 Å². The summed E-state index contributed by atoms with van der Waals surface area (Å²) in [5.74, 6) is -0.333. The predicted octanol–water partition coefficient (Wildman–Crippen LogP) is 5.59. The molecule has 3 aromatic carbocycles. The fraction of sp³-hybridized carbons (Fsp3) is 0.267. The summed E-state index contributed by atoms with van der Waals surface area (Å²) in [6.07, 6.45) is 1.96. The van der Waals surface area contributed by atoms with Crippen LogP contribution in [-0.2, 0) is 27.8 Å². The van der Waals surface area contributed by atoms with Crippen LogP contribution in [0.1, 0.15) is 29.7 Å². The number of carbonyl (C=O) groups is 2. The Balaban J connectivity index is 1.42. The van der Waals surface area contributed by atoms with Gasteiger partial charge in [0.25, 0.3) is 5.91 Å². The first-order valence-electron chi connectivity index (χ1n) is 13.1. The third kappa shape index (κ3) is 4.74. The Morgan fingerprint density at radius 3 is 2.77 bits per heavy atom. The van der Waals surface area contributed by atoms with E-state index < -0.39 is 6.04 Å². The average Bonchev–Trinajstić information content (AvgIpc) is 3.53. The number of amides is 1. The Kier molecular flexibility index (Phi) is 7.04. The van der Waals surface area contributed by atoms with Crippen molar-refractivity contribution in [1.82, 2.24) is 20.1 Å². The van der Waals surface area contributed by atoms with Crippen molar-refractivity contribution in [2.45, 2.75) is 26.3 Å². The normalized spacial score (nSPS) is 15.8. The quantitative estimate of drug-likeness (QED) is 0.266. The Morgan fingerprint density at radius 2 is 2.00 bits per heavy atom. The van der Waals surface area contributed by atoms with E-state index in [9.17, 15) is 9.59 Å². The van der Waals surface area contributed by atoms with Crippen LogP contribution in [0.3, 0.4) is 0 Å². The van der Waals surface area contributed by atoms with Crippen LogP contribution in [0.2, 0.25) is 5.02 Å². The van der Waals surface area contributed by atoms with E-state index in [0.717, 1.165) is 48.9 Å². The molecule has 1 atom stereocenters. The van der Waals surface area contributed by atoms with E-state index in [0.29, 0.717) is 29.9 Å². The van der Waals surface area contributed by atoms with Gasteiger partial charge in [-0.3, -0.25) is 19.2 Å². The highest BCUT2D eigenvalue weighted by atomic mass is 35.5. The number of benzene rings is 3. The average molecular weight is 574 g/mol. The fourth-order valence-corrected chi connectivity index (χ4v) is 6.63. The number of halogens is 1. The van der Waals surface area contributed by atoms with Crippen molar-refractivity contribution in [3.63, 3.8) is 0 Å². The number of thiazole rings is 1. The van der Waals surface area contributed by atoms with Crippen LogP contribution in [0, 0.1) is 6.92 Å². The molecule has 1 saturated heterocycles. The Labute approximate surface area is 240 Å². The topological polar surface area (TPSA) is 89.3 Å². The lowest BCUT2D eigenvalue weighted by molar-refractivity contribution is -0.142. The molecule has 10 heteroatoms. The van der Waals surface area contributed by atoms with Crippen LogP contribution >= 0.6 is 22.9 Å². The van der Waals surface area contributed by atoms with Crippen LogP contribution < -0.4 is 10.2 Å². The SMILES string of the molecule is CCOC(=O)Cc1c(C)cc2nc(N3CCNC(c4ccc5c(cnn5C)c4)C3=O)sc2c1-c1ccc(Cl)cc1. The second-order valence-corrected chi connectivity index (χ2v) is 11.3. The zero-order valence-electron chi connectivity index (χ0n) is 22.4. The minimum absolute atomic E-state index is 0.0509. The number of piperazine rings is 1. The van der Waals surface area contributed by atoms with E-state index >= 15 is 0 Å². The molecule has 0 aliphatic carbocycles. The largest absolute Gasteiger partial charge is 0.466 e. The van der Waals surface area contributed by atoms with E-state index in [-0.39, 0.29) is 18.3 Å². The molecular formula is C30H28ClN5O3S. The third-order valence-corrected chi connectivity index (χ3v) is 8.65. The van der Waals surface area contributed by atoms with E-state index in [1.807, 2.05) is 73.4 Å². The van der Waals surface area contributed by atoms with Gasteiger partial charge in [-0.15, -0.1) is 0 Å². The Morgan fingerprint density at radius 1 is 1.20 bits per heavy atom. The molecular weight excluding hydrogens is 546 g/mol. The molecule has 1 unspecified atom stereocenters. The maximum Gasteiger partial charge on any atom is 0.310 e. The molecule has 0 bridgehead atoms. The number of ether oxygens (including phenoxy) is 1. The van der Waals surface area contributed by atoms with Crippen molar-refractivity contribution in [2.75, 3.05) is 24.6 Å². The summed E-state index contributed by atoms with van der Waals surface area (Å²) < 4.78 is 8.02. The van der Waals surface area contributed by atoms with E-state index in [4.69, 9.17) is 21.3 Å². The highest BCUT2D eigenvalue weighted by Gasteiger charge is 2.33. The molecule has 1 aliphatic rings. The van der Waals surface area contributed by atoms with Crippen molar-refractivity contribution in [1.29, 1.82) is 0 Å². The molecule has 0 radical (unpaired) electrons. The molecule has 1 aliphatic heterocycles. The number of hydrogen-bond donors (Lipinski definition) is 1. The number of esters is 1. The van der Waals surface area contributed by atoms with Gasteiger partial charge in [0.1, 0.15) is 6.04 Å². The molecule has 8 nitrogen and oxygen atoms in total. The monoisotopic (exact) mass is 573 g/mol. The van der Waals surface area contributed by atoms with Crippen LogP contribution in [0.4, 0.5) is 5.13 Å². The van der Waals surface area contributed by atoms with E-state index in [1.165, 1.54) is 11.3 Å². The molecule has 0 spiro atoms. The molecule has 1 amide bonds. The van der Waals surface area contributed by atoms with E-state index in [1.54, 1.807) is 11.8 Å². The van der Waals surface area contributed by atoms with Gasteiger partial charge in [-0.2, -0.15) is 5.10 Å². The summed E-state index contributed by atoms with van der Waals surface area (Å²) in [7, 11) is 1.90. The molecule has 5 aromatic rings. The second-order valence-electron chi connectivity index (χ2n) is 9.84. The lowest BCUT2D eigenvalue weighted by Gasteiger charge is -2.31. The molecule has 40 heavy (non-hydrogen) atoms. The van der Waals surface area contributed by atoms with Crippen LogP contribution in [0.5, 0.6) is 0 Å². The summed E-state index contributed by atoms with van der Waals surface area (Å²) in [6.45, 7) is 5.24. The standard InChI is InChI=1S/C30H28ClN5O3S/c1-4-39-25(37)15-22-17(2)13-23-28(26(22)18-5-8-21(31)9-6-18)40-30(34-23)36-12-11-32-27(29(36)38)19-7-10-24-20(14-19)16-33-35(24)3/h5-10,13-14,16,27,32H,4,11-12,15H2,1-3H3. The lowest BCUT2D eigenvalue weighted by atomic mass is 9.93. The first-order valence-corrected chi connectivity index (χ1v) is 14.3. The zero-order valence-corrected chi connectivity index (χ0v) is 24.0. The van der Waals surface area contributed by atoms with Crippen molar-refractivity contribution in [3.05, 3.63) is 76.4 Å². The number of aromatic nitrogens is 3. The maximum absolute atomic E-state index is 13.8. The molecule has 2 aromatic heterocycles. The smallest absolute Gasteiger partial charge is 0.310 e. The molecule has 1 fully saturated rings. The van der Waals surface area contributed by atoms with Crippen LogP contribution in [0.25, 0.3) is 32.2 Å². The fourth-order valence-electron chi connectivity index (χ4n) is 5.33. The molecule has 1 N–H and O–H groups in total. The summed E-state index contributed by atoms with van der Waals surface area (Å²) in [6, 6.07) is 15.1. The van der Waals surface area contributed by atoms with Crippen molar-refractivity contribution >= 4 is 61.1 Å². The predicted molar refractivity (Wildman–Crippen MR) is 159 cm³/mol. The number of nitrogens with zero attached hydrogens (tertiary/aromatic N) is 4. The van der Waals surface area contributed by atoms with Gasteiger partial charge in [-0.1, -0.05) is 41.1 Å². The van der Waals surface area contributed by atoms with Crippen molar-refractivity contribution in [3.8, 4) is 11.1 Å². The summed E-state index contributed by atoms with van der Waals surface area (Å²) in [4.78, 5) is 33.1. The number of fused-ring (bicyclic) bond motifs is 2. The highest BCUT2D eigenvalue weighted by Crippen LogP contribution is 2.41. The first-order chi connectivity index (χ1) is 19.3. The van der Waals surface area contributed by atoms with Gasteiger partial charge in [0.15, 0.2) is 5.13 Å². The van der Waals surface area contributed by atoms with Gasteiger partial charge >= 0.3 is 5.97 Å². The van der Waals surface area contributed by atoms with Crippen molar-refractivity contribution in [2.24, 2.45) is 7.05 Å². The first kappa shape index (κ1) is 26.4. The molecule has 204 valence electrons. The number of rotatable bonds is 6. The minimum atomic E-state index is -0.484. The maximum atomic E-state index is 13.8. The third-order valence-electron chi connectivity index (χ3n) is 7.29. The number of anilines is 1. The summed E-state index contributed by atoms with van der Waals surface area (Å²) in [5, 5.41) is 9.96. The van der Waals surface area contributed by atoms with Crippen LogP contribution in [-0.4, -0.2) is 46.3 Å². The van der Waals surface area contributed by atoms with Gasteiger partial charge in [0.05, 0.1) is 35.0 Å². The summed E-state index contributed by atoms with van der Waals surface area (Å²) >= 11 is 7.66. The zero-order chi connectivity index (χ0) is 28.0. The molecule has 6 rings (SSSR count). The van der Waals surface area contributed by atoms with Gasteiger partial charge in [-0.25, -0.2) is 4.98 Å². The second kappa shape index (κ2) is 10.6.